The van der Waals surface area contributed by atoms with Crippen molar-refractivity contribution < 1.29 is 9.90 Å². The molecule has 21 heavy (non-hydrogen) atoms. The van der Waals surface area contributed by atoms with Crippen LogP contribution in [0.15, 0.2) is 18.2 Å². The Morgan fingerprint density at radius 1 is 1.43 bits per heavy atom. The highest BCUT2D eigenvalue weighted by Crippen LogP contribution is 2.35. The zero-order valence-corrected chi connectivity index (χ0v) is 13.2. The summed E-state index contributed by atoms with van der Waals surface area (Å²) in [5.41, 5.74) is 2.26. The van der Waals surface area contributed by atoms with Crippen LogP contribution in [0.1, 0.15) is 44.6 Å². The quantitative estimate of drug-likeness (QED) is 0.935. The lowest BCUT2D eigenvalue weighted by Crippen LogP contribution is -2.44. The monoisotopic (exact) mass is 304 g/mol. The van der Waals surface area contributed by atoms with Gasteiger partial charge in [-0.25, -0.2) is 9.78 Å². The molecular formula is C16H20N2O2S. The summed E-state index contributed by atoms with van der Waals surface area (Å²) < 4.78 is 1.14. The maximum atomic E-state index is 11.5. The second-order valence-corrected chi connectivity index (χ2v) is 6.90. The van der Waals surface area contributed by atoms with E-state index in [9.17, 15) is 9.90 Å². The number of carboxylic acid groups (broad SMARTS) is 1. The van der Waals surface area contributed by atoms with E-state index in [-0.39, 0.29) is 0 Å². The second kappa shape index (κ2) is 5.64. The standard InChI is InChI=1S/C16H20N2O2S/c1-10(2)11-6-5-8-13-14(11)17-16(21-13)18-9-4-3-7-12(18)15(19)20/h5-6,8,10,12H,3-4,7,9H2,1-2H3,(H,19,20). The van der Waals surface area contributed by atoms with Gasteiger partial charge in [-0.1, -0.05) is 37.3 Å². The van der Waals surface area contributed by atoms with E-state index in [1.165, 1.54) is 5.56 Å². The van der Waals surface area contributed by atoms with Crippen molar-refractivity contribution in [2.24, 2.45) is 0 Å². The molecule has 2 aromatic rings. The van der Waals surface area contributed by atoms with Crippen molar-refractivity contribution in [1.29, 1.82) is 0 Å². The highest BCUT2D eigenvalue weighted by molar-refractivity contribution is 7.22. The molecule has 3 rings (SSSR count). The van der Waals surface area contributed by atoms with Crippen LogP contribution in [0.25, 0.3) is 10.2 Å². The van der Waals surface area contributed by atoms with Gasteiger partial charge in [-0.3, -0.25) is 0 Å². The molecule has 5 heteroatoms. The minimum absolute atomic E-state index is 0.417. The van der Waals surface area contributed by atoms with E-state index in [0.717, 1.165) is 34.7 Å². The van der Waals surface area contributed by atoms with Gasteiger partial charge in [-0.15, -0.1) is 0 Å². The van der Waals surface area contributed by atoms with Crippen LogP contribution in [0, 0.1) is 0 Å². The molecule has 0 saturated carbocycles. The van der Waals surface area contributed by atoms with Gasteiger partial charge in [0.05, 0.1) is 10.2 Å². The number of aromatic nitrogens is 1. The molecule has 0 spiro atoms. The molecule has 0 amide bonds. The third-order valence-corrected chi connectivity index (χ3v) is 5.15. The summed E-state index contributed by atoms with van der Waals surface area (Å²) in [5.74, 6) is -0.321. The first-order valence-corrected chi connectivity index (χ1v) is 8.28. The number of nitrogens with zero attached hydrogens (tertiary/aromatic N) is 2. The molecule has 112 valence electrons. The number of carboxylic acids is 1. The third kappa shape index (κ3) is 2.62. The number of thiazole rings is 1. The molecule has 4 nitrogen and oxygen atoms in total. The average Bonchev–Trinajstić information content (AvgIpc) is 2.90. The lowest BCUT2D eigenvalue weighted by Gasteiger charge is -2.32. The Kier molecular flexibility index (Phi) is 3.85. The number of para-hydroxylation sites is 1. The maximum Gasteiger partial charge on any atom is 0.326 e. The number of aliphatic carboxylic acids is 1. The highest BCUT2D eigenvalue weighted by atomic mass is 32.1. The fraction of sp³-hybridized carbons (Fsp3) is 0.500. The normalized spacial score (nSPS) is 19.4. The SMILES string of the molecule is CC(C)c1cccc2sc(N3CCCCC3C(=O)O)nc12. The summed E-state index contributed by atoms with van der Waals surface area (Å²) in [7, 11) is 0. The van der Waals surface area contributed by atoms with E-state index in [0.29, 0.717) is 12.3 Å². The van der Waals surface area contributed by atoms with Crippen LogP contribution in [0.4, 0.5) is 5.13 Å². The first-order chi connectivity index (χ1) is 10.1. The molecule has 1 unspecified atom stereocenters. The van der Waals surface area contributed by atoms with Crippen LogP contribution < -0.4 is 4.90 Å². The first kappa shape index (κ1) is 14.3. The van der Waals surface area contributed by atoms with Crippen LogP contribution in [-0.4, -0.2) is 28.6 Å². The molecule has 1 saturated heterocycles. The molecule has 1 fully saturated rings. The van der Waals surface area contributed by atoms with Crippen LogP contribution >= 0.6 is 11.3 Å². The van der Waals surface area contributed by atoms with Crippen LogP contribution in [0.2, 0.25) is 0 Å². The summed E-state index contributed by atoms with van der Waals surface area (Å²) in [4.78, 5) is 18.2. The van der Waals surface area contributed by atoms with E-state index in [2.05, 4.69) is 32.0 Å². The van der Waals surface area contributed by atoms with Gasteiger partial charge in [-0.2, -0.15) is 0 Å². The van der Waals surface area contributed by atoms with E-state index >= 15 is 0 Å². The predicted molar refractivity (Wildman–Crippen MR) is 86.3 cm³/mol. The van der Waals surface area contributed by atoms with Crippen LogP contribution in [-0.2, 0) is 4.79 Å². The number of anilines is 1. The van der Waals surface area contributed by atoms with Crippen LogP contribution in [0.3, 0.4) is 0 Å². The van der Waals surface area contributed by atoms with E-state index in [1.807, 2.05) is 4.90 Å². The Labute approximate surface area is 128 Å². The van der Waals surface area contributed by atoms with Gasteiger partial charge in [0, 0.05) is 6.54 Å². The molecule has 1 atom stereocenters. The van der Waals surface area contributed by atoms with Crippen molar-refractivity contribution in [1.82, 2.24) is 4.98 Å². The van der Waals surface area contributed by atoms with Crippen molar-refractivity contribution in [3.8, 4) is 0 Å². The lowest BCUT2D eigenvalue weighted by molar-refractivity contribution is -0.139. The largest absolute Gasteiger partial charge is 0.480 e. The Morgan fingerprint density at radius 3 is 2.95 bits per heavy atom. The molecule has 0 radical (unpaired) electrons. The molecule has 1 aromatic carbocycles. The van der Waals surface area contributed by atoms with Crippen molar-refractivity contribution >= 4 is 32.7 Å². The van der Waals surface area contributed by atoms with Gasteiger partial charge in [0.25, 0.3) is 0 Å². The summed E-state index contributed by atoms with van der Waals surface area (Å²) in [6.07, 6.45) is 2.73. The Morgan fingerprint density at radius 2 is 2.24 bits per heavy atom. The topological polar surface area (TPSA) is 53.4 Å². The second-order valence-electron chi connectivity index (χ2n) is 5.89. The van der Waals surface area contributed by atoms with Gasteiger partial charge in [0.1, 0.15) is 6.04 Å². The highest BCUT2D eigenvalue weighted by Gasteiger charge is 2.30. The molecule has 2 heterocycles. The van der Waals surface area contributed by atoms with Crippen molar-refractivity contribution in [2.45, 2.75) is 45.1 Å². The Balaban J connectivity index is 2.04. The molecular weight excluding hydrogens is 284 g/mol. The molecule has 1 N–H and O–H groups in total. The fourth-order valence-corrected chi connectivity index (χ4v) is 4.04. The number of benzene rings is 1. The summed E-state index contributed by atoms with van der Waals surface area (Å²) in [5, 5.41) is 10.3. The first-order valence-electron chi connectivity index (χ1n) is 7.47. The lowest BCUT2D eigenvalue weighted by atomic mass is 10.0. The number of piperidine rings is 1. The van der Waals surface area contributed by atoms with E-state index in [1.54, 1.807) is 11.3 Å². The Hall–Kier alpha value is -1.62. The molecule has 1 aliphatic heterocycles. The van der Waals surface area contributed by atoms with Gasteiger partial charge < -0.3 is 10.0 Å². The van der Waals surface area contributed by atoms with Crippen molar-refractivity contribution in [3.05, 3.63) is 23.8 Å². The zero-order chi connectivity index (χ0) is 15.0. The molecule has 0 aliphatic carbocycles. The maximum absolute atomic E-state index is 11.5. The molecule has 1 aromatic heterocycles. The third-order valence-electron chi connectivity index (χ3n) is 4.09. The van der Waals surface area contributed by atoms with Crippen LogP contribution in [0.5, 0.6) is 0 Å². The number of carbonyl (C=O) groups is 1. The minimum Gasteiger partial charge on any atom is -0.480 e. The summed E-state index contributed by atoms with van der Waals surface area (Å²) in [6.45, 7) is 5.11. The van der Waals surface area contributed by atoms with Gasteiger partial charge in [-0.05, 0) is 36.8 Å². The zero-order valence-electron chi connectivity index (χ0n) is 12.4. The smallest absolute Gasteiger partial charge is 0.326 e. The fourth-order valence-electron chi connectivity index (χ4n) is 2.96. The number of fused-ring (bicyclic) bond motifs is 1. The van der Waals surface area contributed by atoms with Gasteiger partial charge >= 0.3 is 5.97 Å². The predicted octanol–water partition coefficient (Wildman–Crippen LogP) is 3.86. The van der Waals surface area contributed by atoms with E-state index in [4.69, 9.17) is 4.98 Å². The summed E-state index contributed by atoms with van der Waals surface area (Å²) >= 11 is 1.61. The van der Waals surface area contributed by atoms with Crippen molar-refractivity contribution in [3.63, 3.8) is 0 Å². The van der Waals surface area contributed by atoms with Gasteiger partial charge in [0.2, 0.25) is 0 Å². The number of rotatable bonds is 3. The number of hydrogen-bond donors (Lipinski definition) is 1. The number of hydrogen-bond acceptors (Lipinski definition) is 4. The molecule has 0 bridgehead atoms. The van der Waals surface area contributed by atoms with E-state index < -0.39 is 12.0 Å². The van der Waals surface area contributed by atoms with Crippen molar-refractivity contribution in [2.75, 3.05) is 11.4 Å². The average molecular weight is 304 g/mol. The molecule has 1 aliphatic rings. The minimum atomic E-state index is -0.738. The summed E-state index contributed by atoms with van der Waals surface area (Å²) in [6, 6.07) is 5.82. The Bertz CT molecular complexity index is 665. The van der Waals surface area contributed by atoms with Gasteiger partial charge in [0.15, 0.2) is 5.13 Å².